The van der Waals surface area contributed by atoms with E-state index in [-0.39, 0.29) is 29.5 Å². The fourth-order valence-electron chi connectivity index (χ4n) is 2.08. The molecule has 0 radical (unpaired) electrons. The molecule has 2 rings (SSSR count). The lowest BCUT2D eigenvalue weighted by Gasteiger charge is -2.13. The van der Waals surface area contributed by atoms with E-state index in [1.165, 1.54) is 17.0 Å². The summed E-state index contributed by atoms with van der Waals surface area (Å²) < 4.78 is 0.664. The number of anilines is 1. The molecular weight excluding hydrogens is 328 g/mol. The second-order valence-corrected chi connectivity index (χ2v) is 5.58. The van der Waals surface area contributed by atoms with Crippen LogP contribution in [-0.4, -0.2) is 41.4 Å². The molecule has 0 aromatic heterocycles. The van der Waals surface area contributed by atoms with Crippen LogP contribution in [-0.2, 0) is 9.59 Å². The molecule has 1 fully saturated rings. The first-order valence-electron chi connectivity index (χ1n) is 5.96. The molecule has 1 heterocycles. The van der Waals surface area contributed by atoms with E-state index in [0.717, 1.165) is 0 Å². The van der Waals surface area contributed by atoms with Crippen molar-refractivity contribution in [2.45, 2.75) is 6.42 Å². The number of hydrogen-bond acceptors (Lipinski definition) is 3. The number of nitrogens with one attached hydrogen (secondary N) is 1. The molecule has 1 unspecified atom stereocenters. The number of carboxylic acid groups (broad SMARTS) is 1. The largest absolute Gasteiger partial charge is 0.478 e. The lowest BCUT2D eigenvalue weighted by molar-refractivity contribution is -0.127. The van der Waals surface area contributed by atoms with Gasteiger partial charge in [0.05, 0.1) is 17.2 Å². The van der Waals surface area contributed by atoms with Gasteiger partial charge in [-0.05, 0) is 18.2 Å². The highest BCUT2D eigenvalue weighted by molar-refractivity contribution is 9.10. The molecule has 0 spiro atoms. The maximum absolute atomic E-state index is 12.1. The highest BCUT2D eigenvalue weighted by atomic mass is 79.9. The van der Waals surface area contributed by atoms with Gasteiger partial charge in [0.1, 0.15) is 0 Å². The van der Waals surface area contributed by atoms with Gasteiger partial charge in [0.25, 0.3) is 0 Å². The van der Waals surface area contributed by atoms with Crippen molar-refractivity contribution in [2.75, 3.05) is 18.9 Å². The van der Waals surface area contributed by atoms with Crippen molar-refractivity contribution in [3.8, 4) is 0 Å². The van der Waals surface area contributed by atoms with E-state index in [9.17, 15) is 14.4 Å². The molecule has 1 aromatic rings. The average molecular weight is 341 g/mol. The standard InChI is InChI=1S/C13H13BrN2O4/c1-16-6-7(4-11(16)17)12(18)15-10-5-8(14)2-3-9(10)13(19)20/h2-3,5,7H,4,6H2,1H3,(H,15,18)(H,19,20). The van der Waals surface area contributed by atoms with Crippen LogP contribution >= 0.6 is 15.9 Å². The van der Waals surface area contributed by atoms with Gasteiger partial charge in [0, 0.05) is 24.5 Å². The Bertz CT molecular complexity index is 588. The molecular formula is C13H13BrN2O4. The summed E-state index contributed by atoms with van der Waals surface area (Å²) >= 11 is 3.23. The molecule has 0 saturated carbocycles. The topological polar surface area (TPSA) is 86.7 Å². The smallest absolute Gasteiger partial charge is 0.337 e. The lowest BCUT2D eigenvalue weighted by atomic mass is 10.1. The molecule has 1 saturated heterocycles. The molecule has 1 aromatic carbocycles. The Morgan fingerprint density at radius 2 is 2.15 bits per heavy atom. The zero-order chi connectivity index (χ0) is 14.9. The minimum Gasteiger partial charge on any atom is -0.478 e. The van der Waals surface area contributed by atoms with Gasteiger partial charge in [0.2, 0.25) is 11.8 Å². The van der Waals surface area contributed by atoms with Crippen LogP contribution in [0.5, 0.6) is 0 Å². The fourth-order valence-corrected chi connectivity index (χ4v) is 2.44. The van der Waals surface area contributed by atoms with Gasteiger partial charge in [-0.3, -0.25) is 9.59 Å². The van der Waals surface area contributed by atoms with Gasteiger partial charge in [-0.25, -0.2) is 4.79 Å². The summed E-state index contributed by atoms with van der Waals surface area (Å²) in [6.07, 6.45) is 0.152. The second-order valence-electron chi connectivity index (χ2n) is 4.66. The van der Waals surface area contributed by atoms with Crippen molar-refractivity contribution in [3.05, 3.63) is 28.2 Å². The summed E-state index contributed by atoms with van der Waals surface area (Å²) in [5, 5.41) is 11.7. The summed E-state index contributed by atoms with van der Waals surface area (Å²) in [7, 11) is 1.64. The third kappa shape index (κ3) is 2.98. The van der Waals surface area contributed by atoms with Crippen LogP contribution in [0.25, 0.3) is 0 Å². The Morgan fingerprint density at radius 1 is 1.45 bits per heavy atom. The molecule has 0 bridgehead atoms. The zero-order valence-electron chi connectivity index (χ0n) is 10.7. The number of carbonyl (C=O) groups excluding carboxylic acids is 2. The van der Waals surface area contributed by atoms with Crippen LogP contribution in [0, 0.1) is 5.92 Å². The van der Waals surface area contributed by atoms with Crippen LogP contribution in [0.1, 0.15) is 16.8 Å². The average Bonchev–Trinajstić information content (AvgIpc) is 2.69. The number of halogens is 1. The molecule has 2 amide bonds. The molecule has 1 aliphatic rings. The van der Waals surface area contributed by atoms with Crippen molar-refractivity contribution in [1.29, 1.82) is 0 Å². The Hall–Kier alpha value is -1.89. The summed E-state index contributed by atoms with van der Waals surface area (Å²) in [6.45, 7) is 0.348. The first kappa shape index (κ1) is 14.5. The summed E-state index contributed by atoms with van der Waals surface area (Å²) in [5.41, 5.74) is 0.234. The third-order valence-corrected chi connectivity index (χ3v) is 3.67. The van der Waals surface area contributed by atoms with Crippen LogP contribution in [0.15, 0.2) is 22.7 Å². The highest BCUT2D eigenvalue weighted by Crippen LogP contribution is 2.24. The number of hydrogen-bond donors (Lipinski definition) is 2. The molecule has 1 atom stereocenters. The van der Waals surface area contributed by atoms with Crippen LogP contribution in [0.2, 0.25) is 0 Å². The third-order valence-electron chi connectivity index (χ3n) is 3.18. The molecule has 7 heteroatoms. The zero-order valence-corrected chi connectivity index (χ0v) is 12.3. The predicted molar refractivity (Wildman–Crippen MR) is 75.5 cm³/mol. The van der Waals surface area contributed by atoms with E-state index in [1.807, 2.05) is 0 Å². The van der Waals surface area contributed by atoms with E-state index in [4.69, 9.17) is 5.11 Å². The van der Waals surface area contributed by atoms with E-state index in [2.05, 4.69) is 21.2 Å². The lowest BCUT2D eigenvalue weighted by Crippen LogP contribution is -2.26. The van der Waals surface area contributed by atoms with Gasteiger partial charge >= 0.3 is 5.97 Å². The van der Waals surface area contributed by atoms with Crippen LogP contribution in [0.3, 0.4) is 0 Å². The van der Waals surface area contributed by atoms with E-state index in [1.54, 1.807) is 13.1 Å². The Labute approximate surface area is 123 Å². The molecule has 2 N–H and O–H groups in total. The van der Waals surface area contributed by atoms with E-state index >= 15 is 0 Å². The van der Waals surface area contributed by atoms with Gasteiger partial charge in [-0.2, -0.15) is 0 Å². The van der Waals surface area contributed by atoms with Crippen molar-refractivity contribution >= 4 is 39.4 Å². The molecule has 1 aliphatic heterocycles. The van der Waals surface area contributed by atoms with Crippen LogP contribution in [0.4, 0.5) is 5.69 Å². The van der Waals surface area contributed by atoms with Crippen molar-refractivity contribution in [3.63, 3.8) is 0 Å². The maximum Gasteiger partial charge on any atom is 0.337 e. The Kier molecular flexibility index (Phi) is 4.08. The maximum atomic E-state index is 12.1. The van der Waals surface area contributed by atoms with E-state index in [0.29, 0.717) is 11.0 Å². The first-order chi connectivity index (χ1) is 9.38. The highest BCUT2D eigenvalue weighted by Gasteiger charge is 2.32. The molecule has 20 heavy (non-hydrogen) atoms. The normalized spacial score (nSPS) is 18.2. The molecule has 106 valence electrons. The minimum atomic E-state index is -1.12. The number of likely N-dealkylation sites (tertiary alicyclic amines) is 1. The van der Waals surface area contributed by atoms with Crippen molar-refractivity contribution in [2.24, 2.45) is 5.92 Å². The number of carbonyl (C=O) groups is 3. The number of benzene rings is 1. The van der Waals surface area contributed by atoms with Crippen LogP contribution < -0.4 is 5.32 Å². The predicted octanol–water partition coefficient (Wildman–Crippen LogP) is 1.56. The first-order valence-corrected chi connectivity index (χ1v) is 6.75. The molecule has 0 aliphatic carbocycles. The Balaban J connectivity index is 2.18. The van der Waals surface area contributed by atoms with Gasteiger partial charge in [-0.1, -0.05) is 15.9 Å². The minimum absolute atomic E-state index is 0.0132. The SMILES string of the molecule is CN1CC(C(=O)Nc2cc(Br)ccc2C(=O)O)CC1=O. The number of aromatic carboxylic acids is 1. The summed E-state index contributed by atoms with van der Waals surface area (Å²) in [6, 6.07) is 4.53. The number of amides is 2. The molecule has 6 nitrogen and oxygen atoms in total. The second kappa shape index (κ2) is 5.62. The van der Waals surface area contributed by atoms with E-state index < -0.39 is 11.9 Å². The fraction of sp³-hybridized carbons (Fsp3) is 0.308. The van der Waals surface area contributed by atoms with Gasteiger partial charge in [-0.15, -0.1) is 0 Å². The number of carboxylic acids is 1. The van der Waals surface area contributed by atoms with Gasteiger partial charge < -0.3 is 15.3 Å². The number of nitrogens with zero attached hydrogens (tertiary/aromatic N) is 1. The summed E-state index contributed by atoms with van der Waals surface area (Å²) in [5.74, 6) is -2.00. The number of rotatable bonds is 3. The van der Waals surface area contributed by atoms with Gasteiger partial charge in [0.15, 0.2) is 0 Å². The Morgan fingerprint density at radius 3 is 2.70 bits per heavy atom. The van der Waals surface area contributed by atoms with Crippen molar-refractivity contribution < 1.29 is 19.5 Å². The van der Waals surface area contributed by atoms with Crippen molar-refractivity contribution in [1.82, 2.24) is 4.90 Å². The summed E-state index contributed by atoms with van der Waals surface area (Å²) in [4.78, 5) is 36.1. The quantitative estimate of drug-likeness (QED) is 0.874. The monoisotopic (exact) mass is 340 g/mol.